The summed E-state index contributed by atoms with van der Waals surface area (Å²) in [6.45, 7) is 9.88. The van der Waals surface area contributed by atoms with Crippen LogP contribution in [0.4, 0.5) is 0 Å². The number of rotatable bonds is 2. The maximum atomic E-state index is 6.19. The molecular weight excluding hydrogens is 232 g/mol. The summed E-state index contributed by atoms with van der Waals surface area (Å²) in [4.78, 5) is 0. The standard InChI is InChI=1S/C17H24N2/c1-11-12(2)19-7-5-6-14-8-13(10-17(3,4)18)9-15(11)16(14)19/h8-9H,5-7,10,18H2,1-4H3. The summed E-state index contributed by atoms with van der Waals surface area (Å²) in [5.74, 6) is 0. The minimum atomic E-state index is -0.138. The van der Waals surface area contributed by atoms with Crippen LogP contribution >= 0.6 is 0 Å². The first-order valence-electron chi connectivity index (χ1n) is 7.27. The van der Waals surface area contributed by atoms with E-state index in [4.69, 9.17) is 5.73 Å². The lowest BCUT2D eigenvalue weighted by Gasteiger charge is -2.21. The quantitative estimate of drug-likeness (QED) is 0.876. The second-order valence-corrected chi connectivity index (χ2v) is 6.78. The topological polar surface area (TPSA) is 30.9 Å². The highest BCUT2D eigenvalue weighted by atomic mass is 15.0. The van der Waals surface area contributed by atoms with Crippen LogP contribution in [0.2, 0.25) is 0 Å². The van der Waals surface area contributed by atoms with Crippen molar-refractivity contribution in [3.05, 3.63) is 34.5 Å². The Balaban J connectivity index is 2.23. The molecule has 0 amide bonds. The van der Waals surface area contributed by atoms with Gasteiger partial charge in [0.1, 0.15) is 0 Å². The third kappa shape index (κ3) is 2.08. The molecule has 2 heterocycles. The molecule has 19 heavy (non-hydrogen) atoms. The molecule has 3 rings (SSSR count). The molecule has 0 fully saturated rings. The van der Waals surface area contributed by atoms with Crippen LogP contribution in [0.15, 0.2) is 12.1 Å². The highest BCUT2D eigenvalue weighted by molar-refractivity contribution is 5.89. The van der Waals surface area contributed by atoms with Gasteiger partial charge >= 0.3 is 0 Å². The average Bonchev–Trinajstić information content (AvgIpc) is 2.55. The Morgan fingerprint density at radius 2 is 2.00 bits per heavy atom. The molecule has 0 spiro atoms. The van der Waals surface area contributed by atoms with Gasteiger partial charge in [-0.25, -0.2) is 0 Å². The van der Waals surface area contributed by atoms with Crippen molar-refractivity contribution >= 4 is 10.9 Å². The van der Waals surface area contributed by atoms with E-state index in [0.717, 1.165) is 6.42 Å². The Labute approximate surface area is 115 Å². The number of nitrogens with zero attached hydrogens (tertiary/aromatic N) is 1. The Morgan fingerprint density at radius 3 is 2.68 bits per heavy atom. The van der Waals surface area contributed by atoms with Crippen molar-refractivity contribution in [2.24, 2.45) is 5.73 Å². The van der Waals surface area contributed by atoms with Crippen molar-refractivity contribution in [2.75, 3.05) is 0 Å². The van der Waals surface area contributed by atoms with Gasteiger partial charge in [-0.2, -0.15) is 0 Å². The highest BCUT2D eigenvalue weighted by Gasteiger charge is 2.20. The average molecular weight is 256 g/mol. The van der Waals surface area contributed by atoms with Crippen LogP contribution in [0.3, 0.4) is 0 Å². The first kappa shape index (κ1) is 12.7. The summed E-state index contributed by atoms with van der Waals surface area (Å²) in [7, 11) is 0. The minimum absolute atomic E-state index is 0.138. The van der Waals surface area contributed by atoms with Crippen LogP contribution < -0.4 is 5.73 Å². The lowest BCUT2D eigenvalue weighted by molar-refractivity contribution is 0.516. The zero-order valence-electron chi connectivity index (χ0n) is 12.5. The molecule has 0 radical (unpaired) electrons. The molecule has 102 valence electrons. The van der Waals surface area contributed by atoms with Gasteiger partial charge in [0.15, 0.2) is 0 Å². The van der Waals surface area contributed by atoms with E-state index in [9.17, 15) is 0 Å². The van der Waals surface area contributed by atoms with Crippen molar-refractivity contribution in [3.63, 3.8) is 0 Å². The molecule has 1 aromatic carbocycles. The number of aromatic nitrogens is 1. The van der Waals surface area contributed by atoms with Crippen molar-refractivity contribution in [1.82, 2.24) is 4.57 Å². The zero-order chi connectivity index (χ0) is 13.8. The molecule has 0 saturated carbocycles. The monoisotopic (exact) mass is 256 g/mol. The van der Waals surface area contributed by atoms with Crippen LogP contribution in [-0.4, -0.2) is 10.1 Å². The van der Waals surface area contributed by atoms with Crippen LogP contribution in [0.1, 0.15) is 42.7 Å². The van der Waals surface area contributed by atoms with Crippen LogP contribution in [-0.2, 0) is 19.4 Å². The fourth-order valence-corrected chi connectivity index (χ4v) is 3.46. The third-order valence-corrected chi connectivity index (χ3v) is 4.36. The minimum Gasteiger partial charge on any atom is -0.344 e. The molecule has 0 unspecified atom stereocenters. The lowest BCUT2D eigenvalue weighted by Crippen LogP contribution is -2.34. The third-order valence-electron chi connectivity index (χ3n) is 4.36. The summed E-state index contributed by atoms with van der Waals surface area (Å²) in [5, 5.41) is 1.44. The molecule has 2 aromatic rings. The van der Waals surface area contributed by atoms with Gasteiger partial charge < -0.3 is 10.3 Å². The number of hydrogen-bond acceptors (Lipinski definition) is 1. The maximum Gasteiger partial charge on any atom is 0.0517 e. The van der Waals surface area contributed by atoms with Gasteiger partial charge in [0.2, 0.25) is 0 Å². The number of hydrogen-bond donors (Lipinski definition) is 1. The van der Waals surface area contributed by atoms with E-state index in [-0.39, 0.29) is 5.54 Å². The zero-order valence-corrected chi connectivity index (χ0v) is 12.5. The number of aryl methyl sites for hydroxylation is 3. The van der Waals surface area contributed by atoms with Crippen LogP contribution in [0.5, 0.6) is 0 Å². The summed E-state index contributed by atoms with van der Waals surface area (Å²) in [6.07, 6.45) is 3.41. The van der Waals surface area contributed by atoms with Gasteiger partial charge in [-0.05, 0) is 69.7 Å². The smallest absolute Gasteiger partial charge is 0.0517 e. The van der Waals surface area contributed by atoms with E-state index in [1.807, 2.05) is 0 Å². The fraction of sp³-hybridized carbons (Fsp3) is 0.529. The van der Waals surface area contributed by atoms with Crippen molar-refractivity contribution in [2.45, 2.75) is 59.0 Å². The van der Waals surface area contributed by atoms with Crippen molar-refractivity contribution in [3.8, 4) is 0 Å². The van der Waals surface area contributed by atoms with Gasteiger partial charge in [-0.15, -0.1) is 0 Å². The van der Waals surface area contributed by atoms with Gasteiger partial charge in [-0.3, -0.25) is 0 Å². The second-order valence-electron chi connectivity index (χ2n) is 6.78. The first-order chi connectivity index (χ1) is 8.87. The van der Waals surface area contributed by atoms with Crippen LogP contribution in [0.25, 0.3) is 10.9 Å². The molecule has 1 aliphatic rings. The Bertz CT molecular complexity index is 642. The summed E-state index contributed by atoms with van der Waals surface area (Å²) in [5.41, 5.74) is 13.3. The SMILES string of the molecule is Cc1c(C)n2c3c(cc(CC(C)(C)N)cc13)CCC2. The molecule has 0 bridgehead atoms. The Morgan fingerprint density at radius 1 is 1.26 bits per heavy atom. The summed E-state index contributed by atoms with van der Waals surface area (Å²) in [6, 6.07) is 4.74. The molecule has 2 heteroatoms. The highest BCUT2D eigenvalue weighted by Crippen LogP contribution is 2.33. The first-order valence-corrected chi connectivity index (χ1v) is 7.27. The van der Waals surface area contributed by atoms with Crippen molar-refractivity contribution in [1.29, 1.82) is 0 Å². The molecular formula is C17H24N2. The normalized spacial score (nSPS) is 15.2. The van der Waals surface area contributed by atoms with Gasteiger partial charge in [-0.1, -0.05) is 6.07 Å². The van der Waals surface area contributed by atoms with Crippen LogP contribution in [0, 0.1) is 13.8 Å². The van der Waals surface area contributed by atoms with E-state index in [2.05, 4.69) is 44.4 Å². The maximum absolute atomic E-state index is 6.19. The van der Waals surface area contributed by atoms with E-state index in [1.165, 1.54) is 52.7 Å². The predicted octanol–water partition coefficient (Wildman–Crippen LogP) is 3.48. The number of nitrogens with two attached hydrogens (primary N) is 1. The number of benzene rings is 1. The molecule has 2 N–H and O–H groups in total. The van der Waals surface area contributed by atoms with Gasteiger partial charge in [0.25, 0.3) is 0 Å². The lowest BCUT2D eigenvalue weighted by atomic mass is 9.92. The molecule has 0 aliphatic carbocycles. The molecule has 2 nitrogen and oxygen atoms in total. The predicted molar refractivity (Wildman–Crippen MR) is 81.7 cm³/mol. The van der Waals surface area contributed by atoms with E-state index in [0.29, 0.717) is 0 Å². The summed E-state index contributed by atoms with van der Waals surface area (Å²) >= 11 is 0. The second kappa shape index (κ2) is 4.11. The van der Waals surface area contributed by atoms with E-state index < -0.39 is 0 Å². The molecule has 0 atom stereocenters. The van der Waals surface area contributed by atoms with Crippen molar-refractivity contribution < 1.29 is 0 Å². The molecule has 1 aromatic heterocycles. The largest absolute Gasteiger partial charge is 0.344 e. The summed E-state index contributed by atoms with van der Waals surface area (Å²) < 4.78 is 2.50. The van der Waals surface area contributed by atoms with E-state index >= 15 is 0 Å². The van der Waals surface area contributed by atoms with E-state index in [1.54, 1.807) is 0 Å². The fourth-order valence-electron chi connectivity index (χ4n) is 3.46. The van der Waals surface area contributed by atoms with Gasteiger partial charge in [0.05, 0.1) is 5.52 Å². The van der Waals surface area contributed by atoms with Gasteiger partial charge in [0, 0.05) is 23.2 Å². The molecule has 0 saturated heterocycles. The Kier molecular flexibility index (Phi) is 2.75. The molecule has 1 aliphatic heterocycles. The Hall–Kier alpha value is -1.28.